The Morgan fingerprint density at radius 1 is 1.06 bits per heavy atom. The van der Waals surface area contributed by atoms with Crippen molar-refractivity contribution in [3.63, 3.8) is 0 Å². The lowest BCUT2D eigenvalue weighted by Crippen LogP contribution is -2.48. The molecule has 3 bridgehead atoms. The van der Waals surface area contributed by atoms with E-state index in [1.807, 2.05) is 0 Å². The summed E-state index contributed by atoms with van der Waals surface area (Å²) >= 11 is 0. The molecular formula is C16H21NO. The van der Waals surface area contributed by atoms with Gasteiger partial charge < -0.3 is 5.11 Å². The number of hydrogen-bond donors (Lipinski definition) is 1. The highest BCUT2D eigenvalue weighted by atomic mass is 16.3. The van der Waals surface area contributed by atoms with Gasteiger partial charge in [-0.05, 0) is 42.6 Å². The van der Waals surface area contributed by atoms with E-state index in [0.717, 1.165) is 18.4 Å². The summed E-state index contributed by atoms with van der Waals surface area (Å²) in [6, 6.07) is 11.1. The average molecular weight is 243 g/mol. The lowest BCUT2D eigenvalue weighted by Gasteiger charge is -2.42. The monoisotopic (exact) mass is 243 g/mol. The molecule has 4 unspecified atom stereocenters. The van der Waals surface area contributed by atoms with E-state index in [-0.39, 0.29) is 6.10 Å². The van der Waals surface area contributed by atoms with Crippen LogP contribution in [0.2, 0.25) is 0 Å². The highest BCUT2D eigenvalue weighted by Gasteiger charge is 2.53. The van der Waals surface area contributed by atoms with Gasteiger partial charge in [-0.3, -0.25) is 4.90 Å². The van der Waals surface area contributed by atoms with Gasteiger partial charge in [0.05, 0.1) is 6.10 Å². The van der Waals surface area contributed by atoms with E-state index < -0.39 is 0 Å². The molecule has 1 heterocycles. The molecule has 18 heavy (non-hydrogen) atoms. The number of benzene rings is 1. The van der Waals surface area contributed by atoms with Crippen molar-refractivity contribution in [1.82, 2.24) is 4.90 Å². The largest absolute Gasteiger partial charge is 0.391 e. The summed E-state index contributed by atoms with van der Waals surface area (Å²) < 4.78 is 0. The van der Waals surface area contributed by atoms with Gasteiger partial charge in [-0.1, -0.05) is 30.3 Å². The van der Waals surface area contributed by atoms with Crippen LogP contribution >= 0.6 is 0 Å². The summed E-state index contributed by atoms with van der Waals surface area (Å²) in [4.78, 5) is 2.56. The van der Waals surface area contributed by atoms with Crippen LogP contribution in [0.3, 0.4) is 0 Å². The Morgan fingerprint density at radius 3 is 2.67 bits per heavy atom. The molecule has 0 spiro atoms. The predicted molar refractivity (Wildman–Crippen MR) is 71.0 cm³/mol. The second kappa shape index (κ2) is 4.07. The Morgan fingerprint density at radius 2 is 1.83 bits per heavy atom. The second-order valence-electron chi connectivity index (χ2n) is 6.49. The topological polar surface area (TPSA) is 23.5 Å². The van der Waals surface area contributed by atoms with Gasteiger partial charge in [0.25, 0.3) is 0 Å². The molecule has 1 aromatic carbocycles. The molecule has 5 atom stereocenters. The van der Waals surface area contributed by atoms with Crippen molar-refractivity contribution < 1.29 is 5.11 Å². The van der Waals surface area contributed by atoms with Gasteiger partial charge >= 0.3 is 0 Å². The maximum absolute atomic E-state index is 10.5. The van der Waals surface area contributed by atoms with Crippen LogP contribution in [-0.4, -0.2) is 28.7 Å². The van der Waals surface area contributed by atoms with Crippen LogP contribution in [0.15, 0.2) is 30.3 Å². The number of hydrogen-bond acceptors (Lipinski definition) is 2. The van der Waals surface area contributed by atoms with Crippen LogP contribution in [0.5, 0.6) is 0 Å². The first-order valence-corrected chi connectivity index (χ1v) is 7.27. The zero-order chi connectivity index (χ0) is 12.1. The predicted octanol–water partition coefficient (Wildman–Crippen LogP) is 2.28. The van der Waals surface area contributed by atoms with E-state index in [0.29, 0.717) is 12.0 Å². The summed E-state index contributed by atoms with van der Waals surface area (Å²) in [5.74, 6) is 2.20. The number of rotatable bonds is 2. The van der Waals surface area contributed by atoms with Gasteiger partial charge in [0, 0.05) is 19.1 Å². The summed E-state index contributed by atoms with van der Waals surface area (Å²) in [6.07, 6.45) is 3.84. The van der Waals surface area contributed by atoms with Crippen molar-refractivity contribution in [2.75, 3.05) is 6.54 Å². The highest BCUT2D eigenvalue weighted by molar-refractivity contribution is 5.16. The van der Waals surface area contributed by atoms with Crippen molar-refractivity contribution in [1.29, 1.82) is 0 Å². The number of nitrogens with zero attached hydrogens (tertiary/aromatic N) is 1. The van der Waals surface area contributed by atoms with Crippen LogP contribution in [-0.2, 0) is 6.54 Å². The molecule has 2 nitrogen and oxygen atoms in total. The smallest absolute Gasteiger partial charge is 0.0726 e. The van der Waals surface area contributed by atoms with Crippen LogP contribution in [0.4, 0.5) is 0 Å². The zero-order valence-electron chi connectivity index (χ0n) is 10.7. The first kappa shape index (κ1) is 11.0. The van der Waals surface area contributed by atoms with Gasteiger partial charge in [-0.2, -0.15) is 0 Å². The fourth-order valence-corrected chi connectivity index (χ4v) is 4.75. The molecule has 96 valence electrons. The van der Waals surface area contributed by atoms with Gasteiger partial charge in [0.2, 0.25) is 0 Å². The molecule has 4 rings (SSSR count). The van der Waals surface area contributed by atoms with Gasteiger partial charge in [0.1, 0.15) is 0 Å². The van der Waals surface area contributed by atoms with Crippen LogP contribution < -0.4 is 0 Å². The van der Waals surface area contributed by atoms with E-state index in [4.69, 9.17) is 0 Å². The van der Waals surface area contributed by atoms with Gasteiger partial charge in [-0.25, -0.2) is 0 Å². The normalized spacial score (nSPS) is 42.4. The Balaban J connectivity index is 1.59. The molecule has 2 aliphatic carbocycles. The third kappa shape index (κ3) is 1.63. The number of likely N-dealkylation sites (tertiary alicyclic amines) is 1. The molecule has 1 aliphatic heterocycles. The molecular weight excluding hydrogens is 222 g/mol. The van der Waals surface area contributed by atoms with Crippen molar-refractivity contribution in [3.8, 4) is 0 Å². The van der Waals surface area contributed by atoms with Gasteiger partial charge in [-0.15, -0.1) is 0 Å². The second-order valence-corrected chi connectivity index (χ2v) is 6.49. The number of piperidine rings is 1. The minimum Gasteiger partial charge on any atom is -0.391 e. The SMILES string of the molecule is O[C@@H]1C2CC3CC(C2)C1N(Cc1ccccc1)C3. The Bertz CT molecular complexity index is 428. The molecule has 0 aromatic heterocycles. The van der Waals surface area contributed by atoms with E-state index >= 15 is 0 Å². The molecule has 1 saturated heterocycles. The highest BCUT2D eigenvalue weighted by Crippen LogP contribution is 2.51. The van der Waals surface area contributed by atoms with Crippen LogP contribution in [0, 0.1) is 17.8 Å². The first-order valence-electron chi connectivity index (χ1n) is 7.27. The molecule has 0 amide bonds. The fourth-order valence-electron chi connectivity index (χ4n) is 4.75. The maximum Gasteiger partial charge on any atom is 0.0726 e. The van der Waals surface area contributed by atoms with Crippen LogP contribution in [0.25, 0.3) is 0 Å². The van der Waals surface area contributed by atoms with E-state index in [1.165, 1.54) is 31.4 Å². The molecule has 2 heteroatoms. The van der Waals surface area contributed by atoms with Crippen molar-refractivity contribution in [2.45, 2.75) is 38.0 Å². The third-order valence-corrected chi connectivity index (χ3v) is 5.34. The molecule has 1 aromatic rings. The lowest BCUT2D eigenvalue weighted by atomic mass is 9.78. The van der Waals surface area contributed by atoms with Gasteiger partial charge in [0.15, 0.2) is 0 Å². The maximum atomic E-state index is 10.5. The summed E-state index contributed by atoms with van der Waals surface area (Å²) in [7, 11) is 0. The van der Waals surface area contributed by atoms with E-state index in [2.05, 4.69) is 35.2 Å². The first-order chi connectivity index (χ1) is 8.81. The van der Waals surface area contributed by atoms with Crippen molar-refractivity contribution >= 4 is 0 Å². The minimum atomic E-state index is -0.0637. The quantitative estimate of drug-likeness (QED) is 0.861. The van der Waals surface area contributed by atoms with Crippen molar-refractivity contribution in [2.24, 2.45) is 17.8 Å². The van der Waals surface area contributed by atoms with Crippen molar-refractivity contribution in [3.05, 3.63) is 35.9 Å². The summed E-state index contributed by atoms with van der Waals surface area (Å²) in [5, 5.41) is 10.5. The summed E-state index contributed by atoms with van der Waals surface area (Å²) in [6.45, 7) is 2.21. The Labute approximate surface area is 109 Å². The standard InChI is InChI=1S/C16H21NO/c18-16-14-7-12-6-13(8-14)15(16)17(10-12)9-11-4-2-1-3-5-11/h1-5,12-16,18H,6-10H2/t12?,13?,14?,15?,16-/m1/s1. The molecule has 0 radical (unpaired) electrons. The molecule has 3 fully saturated rings. The third-order valence-electron chi connectivity index (χ3n) is 5.34. The minimum absolute atomic E-state index is 0.0637. The number of aliphatic hydroxyl groups excluding tert-OH is 1. The van der Waals surface area contributed by atoms with E-state index in [1.54, 1.807) is 0 Å². The molecule has 2 saturated carbocycles. The average Bonchev–Trinajstić information content (AvgIpc) is 2.55. The zero-order valence-corrected chi connectivity index (χ0v) is 10.7. The fraction of sp³-hybridized carbons (Fsp3) is 0.625. The van der Waals surface area contributed by atoms with Crippen LogP contribution in [0.1, 0.15) is 24.8 Å². The number of aliphatic hydroxyl groups is 1. The Kier molecular flexibility index (Phi) is 2.49. The Hall–Kier alpha value is -0.860. The molecule has 1 N–H and O–H groups in total. The molecule has 3 aliphatic rings. The lowest BCUT2D eigenvalue weighted by molar-refractivity contribution is 0.0185. The van der Waals surface area contributed by atoms with E-state index in [9.17, 15) is 5.11 Å². The summed E-state index contributed by atoms with van der Waals surface area (Å²) in [5.41, 5.74) is 1.38. The number of fused-ring (bicyclic) bond motifs is 2.